The normalized spacial score (nSPS) is 17.1. The van der Waals surface area contributed by atoms with E-state index in [9.17, 15) is 14.9 Å². The summed E-state index contributed by atoms with van der Waals surface area (Å²) >= 11 is 1.31. The fourth-order valence-corrected chi connectivity index (χ4v) is 6.99. The number of fused-ring (bicyclic) bond motifs is 2. The quantitative estimate of drug-likeness (QED) is 0.106. The van der Waals surface area contributed by atoms with Gasteiger partial charge in [0.25, 0.3) is 5.69 Å². The number of carbonyl (C=O) groups excluding carboxylic acids is 1. The number of rotatable bonds is 7. The van der Waals surface area contributed by atoms with Crippen molar-refractivity contribution in [1.29, 1.82) is 0 Å². The Morgan fingerprint density at radius 3 is 2.02 bits per heavy atom. The number of aryl methyl sites for hydroxylation is 1. The molecule has 2 aliphatic rings. The van der Waals surface area contributed by atoms with E-state index in [2.05, 4.69) is 31.2 Å². The van der Waals surface area contributed by atoms with Gasteiger partial charge in [-0.05, 0) is 48.0 Å². The maximum atomic E-state index is 14.0. The van der Waals surface area contributed by atoms with Crippen molar-refractivity contribution in [3.05, 3.63) is 171 Å². The Hall–Kier alpha value is -5.54. The molecule has 0 amide bonds. The van der Waals surface area contributed by atoms with Gasteiger partial charge in [0.2, 0.25) is 10.8 Å². The molecule has 1 spiro atoms. The minimum absolute atomic E-state index is 0.0380. The molecular weight excluding hydrogens is 582 g/mol. The number of nitrogens with zero attached hydrogens (tertiary/aromatic N) is 5. The fraction of sp³-hybridized carbons (Fsp3) is 0.0833. The molecule has 0 fully saturated rings. The summed E-state index contributed by atoms with van der Waals surface area (Å²) in [5.41, 5.74) is 6.59. The van der Waals surface area contributed by atoms with Gasteiger partial charge >= 0.3 is 0 Å². The van der Waals surface area contributed by atoms with Gasteiger partial charge in [-0.2, -0.15) is 10.2 Å². The first-order valence-corrected chi connectivity index (χ1v) is 15.4. The van der Waals surface area contributed by atoms with Crippen LogP contribution >= 0.6 is 11.8 Å². The Kier molecular flexibility index (Phi) is 7.23. The van der Waals surface area contributed by atoms with Gasteiger partial charge in [-0.3, -0.25) is 14.9 Å². The number of nitro benzene ring substituents is 1. The minimum atomic E-state index is -1.18. The van der Waals surface area contributed by atoms with Crippen LogP contribution < -0.4 is 10.0 Å². The van der Waals surface area contributed by atoms with Gasteiger partial charge in [0.1, 0.15) is 0 Å². The molecule has 5 aromatic rings. The smallest absolute Gasteiger partial charge is 0.269 e. The maximum absolute atomic E-state index is 14.0. The first-order chi connectivity index (χ1) is 22.0. The lowest BCUT2D eigenvalue weighted by Gasteiger charge is -2.47. The zero-order chi connectivity index (χ0) is 31.0. The molecule has 2 heterocycles. The molecule has 0 saturated carbocycles. The average molecular weight is 610 g/mol. The first kappa shape index (κ1) is 28.2. The highest BCUT2D eigenvalue weighted by Crippen LogP contribution is 2.55. The van der Waals surface area contributed by atoms with Crippen molar-refractivity contribution in [1.82, 2.24) is 0 Å². The van der Waals surface area contributed by atoms with Crippen molar-refractivity contribution in [2.24, 2.45) is 10.2 Å². The van der Waals surface area contributed by atoms with Crippen molar-refractivity contribution >= 4 is 45.4 Å². The van der Waals surface area contributed by atoms with Crippen LogP contribution in [0.4, 0.5) is 17.1 Å². The Bertz CT molecular complexity index is 1960. The molecule has 0 bridgehead atoms. The van der Waals surface area contributed by atoms with Gasteiger partial charge in [-0.15, -0.1) is 0 Å². The van der Waals surface area contributed by atoms with E-state index in [1.54, 1.807) is 29.3 Å². The van der Waals surface area contributed by atoms with Crippen LogP contribution in [0, 0.1) is 10.1 Å². The number of Topliss-reactive ketones (excluding diaryl/α,β-unsaturated/α-hetero) is 1. The van der Waals surface area contributed by atoms with E-state index in [-0.39, 0.29) is 16.5 Å². The topological polar surface area (TPSA) is 91.4 Å². The highest BCUT2D eigenvalue weighted by atomic mass is 32.2. The second-order valence-electron chi connectivity index (χ2n) is 10.6. The molecule has 0 aliphatic carbocycles. The number of thioether (sulfide) groups is 1. The largest absolute Gasteiger partial charge is 0.286 e. The predicted octanol–water partition coefficient (Wildman–Crippen LogP) is 7.99. The van der Waals surface area contributed by atoms with E-state index in [0.29, 0.717) is 11.3 Å². The molecular formula is C36H27N5O3S. The van der Waals surface area contributed by atoms with Crippen molar-refractivity contribution in [3.8, 4) is 0 Å². The van der Waals surface area contributed by atoms with Crippen LogP contribution in [-0.2, 0) is 11.4 Å². The first-order valence-electron chi connectivity index (χ1n) is 14.5. The van der Waals surface area contributed by atoms with Crippen molar-refractivity contribution in [2.45, 2.75) is 18.3 Å². The summed E-state index contributed by atoms with van der Waals surface area (Å²) in [6, 6.07) is 41.5. The second-order valence-corrected chi connectivity index (χ2v) is 11.7. The Balaban J connectivity index is 1.48. The molecule has 220 valence electrons. The standard InChI is InChI=1S/C36H27N5O3S/c1-2-25-17-19-26(20-18-25)33-31-15-9-10-16-32(31)36(39(37-33)28-13-7-4-8-14-28)40(29-21-23-30(24-22-29)41(43)44)38-35(45-36)34(42)27-11-5-3-6-12-27/h3-24H,2H2,1H3/t36-/m1/s1. The molecule has 5 aromatic carbocycles. The third-order valence-electron chi connectivity index (χ3n) is 7.91. The molecule has 0 saturated heterocycles. The Morgan fingerprint density at radius 2 is 1.36 bits per heavy atom. The van der Waals surface area contributed by atoms with Crippen LogP contribution in [0.3, 0.4) is 0 Å². The number of benzene rings is 5. The fourth-order valence-electron chi connectivity index (χ4n) is 5.63. The summed E-state index contributed by atoms with van der Waals surface area (Å²) in [7, 11) is 0. The van der Waals surface area contributed by atoms with Crippen LogP contribution in [0.5, 0.6) is 0 Å². The van der Waals surface area contributed by atoms with Crippen LogP contribution in [0.25, 0.3) is 0 Å². The van der Waals surface area contributed by atoms with Crippen LogP contribution in [0.2, 0.25) is 0 Å². The maximum Gasteiger partial charge on any atom is 0.269 e. The number of ketones is 1. The van der Waals surface area contributed by atoms with Gasteiger partial charge in [0, 0.05) is 34.4 Å². The number of carbonyl (C=O) groups is 1. The molecule has 0 N–H and O–H groups in total. The predicted molar refractivity (Wildman–Crippen MR) is 180 cm³/mol. The van der Waals surface area contributed by atoms with Crippen molar-refractivity contribution in [2.75, 3.05) is 10.0 Å². The van der Waals surface area contributed by atoms with Crippen LogP contribution in [0.15, 0.2) is 144 Å². The summed E-state index contributed by atoms with van der Waals surface area (Å²) in [5.74, 6) is -0.222. The van der Waals surface area contributed by atoms with E-state index >= 15 is 0 Å². The molecule has 0 aromatic heterocycles. The van der Waals surface area contributed by atoms with E-state index in [0.717, 1.165) is 34.5 Å². The van der Waals surface area contributed by atoms with Gasteiger partial charge in [0.05, 0.1) is 22.0 Å². The van der Waals surface area contributed by atoms with Gasteiger partial charge in [-0.25, -0.2) is 10.0 Å². The zero-order valence-electron chi connectivity index (χ0n) is 24.3. The van der Waals surface area contributed by atoms with E-state index < -0.39 is 9.92 Å². The van der Waals surface area contributed by atoms with E-state index in [1.807, 2.05) is 77.8 Å². The molecule has 9 heteroatoms. The summed E-state index contributed by atoms with van der Waals surface area (Å²) in [4.78, 5) is 23.9. The number of non-ortho nitro benzene ring substituents is 1. The third kappa shape index (κ3) is 4.87. The highest BCUT2D eigenvalue weighted by Gasteiger charge is 2.56. The number of hydrazone groups is 2. The Morgan fingerprint density at radius 1 is 0.756 bits per heavy atom. The van der Waals surface area contributed by atoms with Gasteiger partial charge in [-0.1, -0.05) is 104 Å². The molecule has 45 heavy (non-hydrogen) atoms. The van der Waals surface area contributed by atoms with Crippen molar-refractivity contribution < 1.29 is 9.72 Å². The Labute approximate surface area is 264 Å². The monoisotopic (exact) mass is 609 g/mol. The molecule has 2 aliphatic heterocycles. The summed E-state index contributed by atoms with van der Waals surface area (Å²) in [5, 5.41) is 25.8. The van der Waals surface area contributed by atoms with Gasteiger partial charge < -0.3 is 0 Å². The number of nitro groups is 1. The number of para-hydroxylation sites is 1. The number of hydrogen-bond acceptors (Lipinski definition) is 8. The molecule has 0 unspecified atom stereocenters. The van der Waals surface area contributed by atoms with Crippen molar-refractivity contribution in [3.63, 3.8) is 0 Å². The van der Waals surface area contributed by atoms with Gasteiger partial charge in [0.15, 0.2) is 5.04 Å². The SMILES string of the molecule is CCc1ccc(C2=NN(c3ccccc3)[C@]3(SC(C(=O)c4ccccc4)=NN3c3ccc([N+](=O)[O-])cc3)c3ccccc32)cc1. The second kappa shape index (κ2) is 11.5. The number of anilines is 2. The molecule has 8 nitrogen and oxygen atoms in total. The molecule has 7 rings (SSSR count). The molecule has 1 atom stereocenters. The lowest BCUT2D eigenvalue weighted by molar-refractivity contribution is -0.384. The molecule has 0 radical (unpaired) electrons. The zero-order valence-corrected chi connectivity index (χ0v) is 25.1. The highest BCUT2D eigenvalue weighted by molar-refractivity contribution is 8.17. The summed E-state index contributed by atoms with van der Waals surface area (Å²) in [6.45, 7) is 2.13. The van der Waals surface area contributed by atoms with Crippen LogP contribution in [-0.4, -0.2) is 21.5 Å². The lowest BCUT2D eigenvalue weighted by atomic mass is 9.92. The van der Waals surface area contributed by atoms with E-state index in [4.69, 9.17) is 10.2 Å². The number of hydrogen-bond donors (Lipinski definition) is 0. The summed E-state index contributed by atoms with van der Waals surface area (Å²) < 4.78 is 0. The lowest BCUT2D eigenvalue weighted by Crippen LogP contribution is -2.54. The summed E-state index contributed by atoms with van der Waals surface area (Å²) in [6.07, 6.45) is 0.930. The minimum Gasteiger partial charge on any atom is -0.286 e. The average Bonchev–Trinajstić information content (AvgIpc) is 3.50. The third-order valence-corrected chi connectivity index (χ3v) is 9.22. The van der Waals surface area contributed by atoms with E-state index in [1.165, 1.54) is 29.5 Å². The van der Waals surface area contributed by atoms with Crippen LogP contribution in [0.1, 0.15) is 39.5 Å².